The zero-order chi connectivity index (χ0) is 19.4. The number of imidazole rings is 2. The lowest BCUT2D eigenvalue weighted by Crippen LogP contribution is -2.28. The maximum atomic E-state index is 12.3. The molecule has 0 radical (unpaired) electrons. The molecule has 0 fully saturated rings. The Balaban J connectivity index is 0.00000205. The average Bonchev–Trinajstić information content (AvgIpc) is 3.41. The number of nitrogens with zero attached hydrogens (tertiary/aromatic N) is 6. The molecule has 3 aromatic heterocycles. The number of benzene rings is 1. The van der Waals surface area contributed by atoms with Gasteiger partial charge in [0, 0.05) is 45.6 Å². The molecule has 1 aliphatic heterocycles. The van der Waals surface area contributed by atoms with E-state index in [1.54, 1.807) is 36.5 Å². The van der Waals surface area contributed by atoms with Crippen LogP contribution in [0.4, 0.5) is 0 Å². The number of aryl methyl sites for hydroxylation is 2. The fourth-order valence-electron chi connectivity index (χ4n) is 3.86. The number of hydrogen-bond donors (Lipinski definition) is 1. The summed E-state index contributed by atoms with van der Waals surface area (Å²) in [7, 11) is 5.16. The van der Waals surface area contributed by atoms with Crippen molar-refractivity contribution in [3.63, 3.8) is 0 Å². The first-order chi connectivity index (χ1) is 13.6. The quantitative estimate of drug-likeness (QED) is 0.547. The lowest BCUT2D eigenvalue weighted by molar-refractivity contribution is 0.413. The minimum absolute atomic E-state index is 0. The van der Waals surface area contributed by atoms with Crippen LogP contribution in [0.5, 0.6) is 5.75 Å². The largest absolute Gasteiger partial charge is 0.494 e. The van der Waals surface area contributed by atoms with E-state index >= 15 is 0 Å². The molecule has 1 aliphatic rings. The zero-order valence-electron chi connectivity index (χ0n) is 16.4. The maximum Gasteiger partial charge on any atom is 0.328 e. The lowest BCUT2D eigenvalue weighted by Gasteiger charge is -2.13. The van der Waals surface area contributed by atoms with Gasteiger partial charge in [-0.3, -0.25) is 18.4 Å². The highest BCUT2D eigenvalue weighted by molar-refractivity contribution is 5.85. The summed E-state index contributed by atoms with van der Waals surface area (Å²) in [5.74, 6) is 1.40. The molecule has 0 saturated carbocycles. The molecule has 0 spiro atoms. The summed E-state index contributed by atoms with van der Waals surface area (Å²) >= 11 is 0. The SMILES string of the molecule is COc1cc2c(cc1-n1ccnc1-c1cc3n(n1)CCNC3)n(C)c(=O)n2C.Cl. The Bertz CT molecular complexity index is 1240. The van der Waals surface area contributed by atoms with Crippen molar-refractivity contribution in [2.45, 2.75) is 13.1 Å². The smallest absolute Gasteiger partial charge is 0.328 e. The molecule has 0 bridgehead atoms. The number of nitrogens with one attached hydrogen (secondary N) is 1. The van der Waals surface area contributed by atoms with Crippen molar-refractivity contribution in [3.05, 3.63) is 46.8 Å². The van der Waals surface area contributed by atoms with E-state index in [2.05, 4.69) is 16.4 Å². The Kier molecular flexibility index (Phi) is 4.71. The highest BCUT2D eigenvalue weighted by Crippen LogP contribution is 2.31. The van der Waals surface area contributed by atoms with E-state index in [1.165, 1.54) is 0 Å². The molecule has 10 heteroatoms. The first kappa shape index (κ1) is 19.3. The van der Waals surface area contributed by atoms with Crippen LogP contribution in [0.25, 0.3) is 28.2 Å². The third kappa shape index (κ3) is 2.85. The van der Waals surface area contributed by atoms with Gasteiger partial charge in [-0.15, -0.1) is 12.4 Å². The minimum atomic E-state index is -0.0747. The Morgan fingerprint density at radius 2 is 1.90 bits per heavy atom. The Labute approximate surface area is 172 Å². The molecule has 0 atom stereocenters. The average molecular weight is 416 g/mol. The predicted molar refractivity (Wildman–Crippen MR) is 112 cm³/mol. The second kappa shape index (κ2) is 7.09. The van der Waals surface area contributed by atoms with E-state index in [1.807, 2.05) is 27.6 Å². The topological polar surface area (TPSA) is 83.8 Å². The first-order valence-electron chi connectivity index (χ1n) is 9.13. The molecule has 0 unspecified atom stereocenters. The van der Waals surface area contributed by atoms with Crippen molar-refractivity contribution in [2.75, 3.05) is 13.7 Å². The summed E-state index contributed by atoms with van der Waals surface area (Å²) in [6, 6.07) is 5.91. The molecule has 29 heavy (non-hydrogen) atoms. The van der Waals surface area contributed by atoms with Crippen LogP contribution in [0.1, 0.15) is 5.69 Å². The monoisotopic (exact) mass is 415 g/mol. The fourth-order valence-corrected chi connectivity index (χ4v) is 3.86. The second-order valence-electron chi connectivity index (χ2n) is 6.96. The Morgan fingerprint density at radius 1 is 1.14 bits per heavy atom. The number of hydrogen-bond acceptors (Lipinski definition) is 5. The van der Waals surface area contributed by atoms with Crippen LogP contribution < -0.4 is 15.7 Å². The highest BCUT2D eigenvalue weighted by Gasteiger charge is 2.20. The summed E-state index contributed by atoms with van der Waals surface area (Å²) in [6.07, 6.45) is 3.64. The van der Waals surface area contributed by atoms with Crippen molar-refractivity contribution in [1.82, 2.24) is 33.8 Å². The van der Waals surface area contributed by atoms with Gasteiger partial charge in [-0.05, 0) is 12.1 Å². The van der Waals surface area contributed by atoms with Gasteiger partial charge in [0.05, 0.1) is 36.1 Å². The summed E-state index contributed by atoms with van der Waals surface area (Å²) in [4.78, 5) is 16.9. The number of methoxy groups -OCH3 is 1. The van der Waals surface area contributed by atoms with Crippen LogP contribution in [-0.4, -0.2) is 42.1 Å². The summed E-state index contributed by atoms with van der Waals surface area (Å²) in [5.41, 5.74) is 4.34. The van der Waals surface area contributed by atoms with Crippen LogP contribution in [0.2, 0.25) is 0 Å². The summed E-state index contributed by atoms with van der Waals surface area (Å²) in [6.45, 7) is 2.56. The van der Waals surface area contributed by atoms with Crippen LogP contribution in [0, 0.1) is 0 Å². The predicted octanol–water partition coefficient (Wildman–Crippen LogP) is 1.46. The van der Waals surface area contributed by atoms with Gasteiger partial charge in [-0.25, -0.2) is 9.78 Å². The lowest BCUT2D eigenvalue weighted by atomic mass is 10.2. The molecule has 0 aliphatic carbocycles. The van der Waals surface area contributed by atoms with E-state index in [0.717, 1.165) is 53.6 Å². The molecule has 1 N–H and O–H groups in total. The van der Waals surface area contributed by atoms with Crippen molar-refractivity contribution in [1.29, 1.82) is 0 Å². The van der Waals surface area contributed by atoms with Crippen LogP contribution in [0.15, 0.2) is 35.4 Å². The molecular formula is C19H22ClN7O2. The van der Waals surface area contributed by atoms with E-state index in [-0.39, 0.29) is 18.1 Å². The Morgan fingerprint density at radius 3 is 2.62 bits per heavy atom. The zero-order valence-corrected chi connectivity index (χ0v) is 17.2. The van der Waals surface area contributed by atoms with E-state index < -0.39 is 0 Å². The van der Waals surface area contributed by atoms with Gasteiger partial charge in [0.2, 0.25) is 0 Å². The van der Waals surface area contributed by atoms with E-state index in [9.17, 15) is 4.79 Å². The van der Waals surface area contributed by atoms with Gasteiger partial charge in [-0.2, -0.15) is 5.10 Å². The van der Waals surface area contributed by atoms with Gasteiger partial charge in [0.25, 0.3) is 0 Å². The third-order valence-electron chi connectivity index (χ3n) is 5.37. The number of ether oxygens (including phenoxy) is 1. The molecule has 0 saturated heterocycles. The van der Waals surface area contributed by atoms with Crippen LogP contribution in [-0.2, 0) is 27.2 Å². The van der Waals surface area contributed by atoms with Gasteiger partial charge in [-0.1, -0.05) is 0 Å². The van der Waals surface area contributed by atoms with Crippen molar-refractivity contribution >= 4 is 23.4 Å². The number of halogens is 1. The molecule has 4 aromatic rings. The minimum Gasteiger partial charge on any atom is -0.494 e. The molecule has 1 aromatic carbocycles. The molecule has 152 valence electrons. The molecule has 5 rings (SSSR count). The molecule has 9 nitrogen and oxygen atoms in total. The number of aromatic nitrogens is 6. The van der Waals surface area contributed by atoms with Gasteiger partial charge in [0.1, 0.15) is 11.4 Å². The van der Waals surface area contributed by atoms with Crippen molar-refractivity contribution in [2.24, 2.45) is 14.1 Å². The molecule has 0 amide bonds. The molecular weight excluding hydrogens is 394 g/mol. The van der Waals surface area contributed by atoms with Gasteiger partial charge in [0.15, 0.2) is 5.82 Å². The summed E-state index contributed by atoms with van der Waals surface area (Å²) < 4.78 is 12.9. The number of rotatable bonds is 3. The van der Waals surface area contributed by atoms with Crippen LogP contribution >= 0.6 is 12.4 Å². The first-order valence-corrected chi connectivity index (χ1v) is 9.13. The third-order valence-corrected chi connectivity index (χ3v) is 5.37. The standard InChI is InChI=1S/C19H21N7O2.ClH/c1-23-14-9-16(17(28-3)10-15(14)24(2)19(23)27)25-6-5-21-18(25)13-8-12-11-20-4-7-26(12)22-13;/h5-6,8-10,20H,4,7,11H2,1-3H3;1H. The fraction of sp³-hybridized carbons (Fsp3) is 0.316. The maximum absolute atomic E-state index is 12.3. The van der Waals surface area contributed by atoms with Crippen LogP contribution in [0.3, 0.4) is 0 Å². The second-order valence-corrected chi connectivity index (χ2v) is 6.96. The summed E-state index contributed by atoms with van der Waals surface area (Å²) in [5, 5.41) is 8.08. The number of fused-ring (bicyclic) bond motifs is 2. The van der Waals surface area contributed by atoms with E-state index in [0.29, 0.717) is 5.75 Å². The highest BCUT2D eigenvalue weighted by atomic mass is 35.5. The van der Waals surface area contributed by atoms with Gasteiger partial charge < -0.3 is 10.1 Å². The normalized spacial score (nSPS) is 13.3. The molecule has 4 heterocycles. The van der Waals surface area contributed by atoms with Crippen molar-refractivity contribution in [3.8, 4) is 23.0 Å². The Hall–Kier alpha value is -3.04. The van der Waals surface area contributed by atoms with Crippen molar-refractivity contribution < 1.29 is 4.74 Å². The van der Waals surface area contributed by atoms with E-state index in [4.69, 9.17) is 9.84 Å². The van der Waals surface area contributed by atoms with Gasteiger partial charge >= 0.3 is 5.69 Å².